The van der Waals surface area contributed by atoms with Gasteiger partial charge in [0, 0.05) is 19.0 Å². The topological polar surface area (TPSA) is 55.6 Å². The van der Waals surface area contributed by atoms with Gasteiger partial charge in [-0.3, -0.25) is 9.63 Å². The fraction of sp³-hybridized carbons (Fsp3) is 0.875. The van der Waals surface area contributed by atoms with Crippen LogP contribution in [0.25, 0.3) is 0 Å². The molecule has 0 heterocycles. The minimum absolute atomic E-state index is 0.0467. The quantitative estimate of drug-likeness (QED) is 0.602. The van der Waals surface area contributed by atoms with Gasteiger partial charge < -0.3 is 5.73 Å². The van der Waals surface area contributed by atoms with Crippen LogP contribution in [0, 0.1) is 5.92 Å². The lowest BCUT2D eigenvalue weighted by atomic mass is 10.1. The monoisotopic (exact) mass is 172 g/mol. The first kappa shape index (κ1) is 9.48. The van der Waals surface area contributed by atoms with Gasteiger partial charge in [0.25, 0.3) is 0 Å². The van der Waals surface area contributed by atoms with Gasteiger partial charge in [0.05, 0.1) is 7.11 Å². The number of carbonyl (C=O) groups is 1. The molecule has 4 heteroatoms. The molecule has 1 amide bonds. The first-order valence-electron chi connectivity index (χ1n) is 4.22. The van der Waals surface area contributed by atoms with Crippen LogP contribution in [0.4, 0.5) is 0 Å². The van der Waals surface area contributed by atoms with Crippen LogP contribution in [-0.2, 0) is 9.63 Å². The maximum absolute atomic E-state index is 11.5. The lowest BCUT2D eigenvalue weighted by Gasteiger charge is -2.17. The predicted molar refractivity (Wildman–Crippen MR) is 45.1 cm³/mol. The predicted octanol–water partition coefficient (Wildman–Crippen LogP) is 0.134. The molecule has 0 aliphatic heterocycles. The number of hydrogen-bond donors (Lipinski definition) is 1. The summed E-state index contributed by atoms with van der Waals surface area (Å²) in [6.07, 6.45) is 2.65. The molecule has 1 aliphatic rings. The molecular formula is C8H16N2O2. The van der Waals surface area contributed by atoms with E-state index in [2.05, 4.69) is 0 Å². The Labute approximate surface area is 72.6 Å². The summed E-state index contributed by atoms with van der Waals surface area (Å²) in [6, 6.07) is 0.198. The zero-order valence-electron chi connectivity index (χ0n) is 7.62. The van der Waals surface area contributed by atoms with E-state index in [1.165, 1.54) is 12.2 Å². The lowest BCUT2D eigenvalue weighted by molar-refractivity contribution is -0.173. The Morgan fingerprint density at radius 2 is 2.25 bits per heavy atom. The van der Waals surface area contributed by atoms with Crippen molar-refractivity contribution in [1.29, 1.82) is 0 Å². The molecule has 12 heavy (non-hydrogen) atoms. The average molecular weight is 172 g/mol. The summed E-state index contributed by atoms with van der Waals surface area (Å²) in [7, 11) is 3.12. The summed E-state index contributed by atoms with van der Waals surface area (Å²) >= 11 is 0. The minimum Gasteiger partial charge on any atom is -0.328 e. The normalized spacial score (nSPS) is 28.9. The third kappa shape index (κ3) is 1.95. The Morgan fingerprint density at radius 1 is 1.58 bits per heavy atom. The fourth-order valence-corrected chi connectivity index (χ4v) is 1.59. The molecule has 1 fully saturated rings. The molecule has 4 nitrogen and oxygen atoms in total. The van der Waals surface area contributed by atoms with Crippen LogP contribution in [0.5, 0.6) is 0 Å². The van der Waals surface area contributed by atoms with Crippen molar-refractivity contribution in [2.24, 2.45) is 11.7 Å². The molecule has 0 aromatic rings. The van der Waals surface area contributed by atoms with Crippen molar-refractivity contribution in [3.63, 3.8) is 0 Å². The number of hydroxylamine groups is 2. The fourth-order valence-electron chi connectivity index (χ4n) is 1.59. The van der Waals surface area contributed by atoms with Crippen molar-refractivity contribution in [2.45, 2.75) is 25.3 Å². The standard InChI is InChI=1S/C8H16N2O2/c1-10(12-2)8(11)6-3-4-7(9)5-6/h6-7H,3-5,9H2,1-2H3. The van der Waals surface area contributed by atoms with E-state index < -0.39 is 0 Å². The van der Waals surface area contributed by atoms with E-state index in [4.69, 9.17) is 10.6 Å². The van der Waals surface area contributed by atoms with Crippen molar-refractivity contribution in [1.82, 2.24) is 5.06 Å². The van der Waals surface area contributed by atoms with Crippen LogP contribution < -0.4 is 5.73 Å². The van der Waals surface area contributed by atoms with Gasteiger partial charge in [-0.15, -0.1) is 0 Å². The maximum Gasteiger partial charge on any atom is 0.249 e. The first-order valence-corrected chi connectivity index (χ1v) is 4.22. The van der Waals surface area contributed by atoms with Gasteiger partial charge in [-0.2, -0.15) is 0 Å². The van der Waals surface area contributed by atoms with E-state index in [9.17, 15) is 4.79 Å². The Bertz CT molecular complexity index is 172. The molecule has 1 aliphatic carbocycles. The van der Waals surface area contributed by atoms with Crippen molar-refractivity contribution >= 4 is 5.91 Å². The van der Waals surface area contributed by atoms with Gasteiger partial charge in [0.15, 0.2) is 0 Å². The summed E-state index contributed by atoms with van der Waals surface area (Å²) < 4.78 is 0. The van der Waals surface area contributed by atoms with Crippen LogP contribution in [0.3, 0.4) is 0 Å². The largest absolute Gasteiger partial charge is 0.328 e. The molecule has 70 valence electrons. The maximum atomic E-state index is 11.5. The molecule has 0 aromatic heterocycles. The van der Waals surface area contributed by atoms with E-state index in [-0.39, 0.29) is 17.9 Å². The molecule has 2 unspecified atom stereocenters. The van der Waals surface area contributed by atoms with Crippen LogP contribution >= 0.6 is 0 Å². The third-order valence-corrected chi connectivity index (χ3v) is 2.41. The van der Waals surface area contributed by atoms with Gasteiger partial charge in [-0.1, -0.05) is 0 Å². The van der Waals surface area contributed by atoms with E-state index in [0.29, 0.717) is 0 Å². The van der Waals surface area contributed by atoms with Gasteiger partial charge in [0.2, 0.25) is 5.91 Å². The molecule has 0 bridgehead atoms. The third-order valence-electron chi connectivity index (χ3n) is 2.41. The van der Waals surface area contributed by atoms with Crippen molar-refractivity contribution in [3.05, 3.63) is 0 Å². The number of nitrogens with two attached hydrogens (primary N) is 1. The molecule has 2 atom stereocenters. The second kappa shape index (κ2) is 3.87. The highest BCUT2D eigenvalue weighted by molar-refractivity contribution is 5.77. The minimum atomic E-state index is 0.0467. The van der Waals surface area contributed by atoms with Gasteiger partial charge in [-0.25, -0.2) is 5.06 Å². The number of nitrogens with zero attached hydrogens (tertiary/aromatic N) is 1. The van der Waals surface area contributed by atoms with Crippen LogP contribution in [-0.4, -0.2) is 31.2 Å². The summed E-state index contributed by atoms with van der Waals surface area (Å²) in [5.41, 5.74) is 5.69. The summed E-state index contributed by atoms with van der Waals surface area (Å²) in [4.78, 5) is 16.3. The van der Waals surface area contributed by atoms with E-state index in [1.54, 1.807) is 7.05 Å². The molecule has 0 aromatic carbocycles. The zero-order chi connectivity index (χ0) is 9.14. The van der Waals surface area contributed by atoms with Gasteiger partial charge in [0.1, 0.15) is 0 Å². The van der Waals surface area contributed by atoms with Crippen LogP contribution in [0.2, 0.25) is 0 Å². The van der Waals surface area contributed by atoms with E-state index in [0.717, 1.165) is 19.3 Å². The second-order valence-corrected chi connectivity index (χ2v) is 3.29. The van der Waals surface area contributed by atoms with Gasteiger partial charge in [-0.05, 0) is 19.3 Å². The molecular weight excluding hydrogens is 156 g/mol. The summed E-state index contributed by atoms with van der Waals surface area (Å²) in [5.74, 6) is 0.121. The molecule has 0 radical (unpaired) electrons. The van der Waals surface area contributed by atoms with Crippen molar-refractivity contribution < 1.29 is 9.63 Å². The molecule has 1 saturated carbocycles. The van der Waals surface area contributed by atoms with E-state index >= 15 is 0 Å². The lowest BCUT2D eigenvalue weighted by Crippen LogP contribution is -2.31. The molecule has 0 spiro atoms. The number of amides is 1. The average Bonchev–Trinajstić information content (AvgIpc) is 2.49. The summed E-state index contributed by atoms with van der Waals surface area (Å²) in [5, 5.41) is 1.28. The van der Waals surface area contributed by atoms with Crippen molar-refractivity contribution in [2.75, 3.05) is 14.2 Å². The highest BCUT2D eigenvalue weighted by Gasteiger charge is 2.29. The number of hydrogen-bond acceptors (Lipinski definition) is 3. The Balaban J connectivity index is 2.43. The molecule has 2 N–H and O–H groups in total. The zero-order valence-corrected chi connectivity index (χ0v) is 7.62. The number of rotatable bonds is 2. The Kier molecular flexibility index (Phi) is 3.05. The summed E-state index contributed by atoms with van der Waals surface area (Å²) in [6.45, 7) is 0. The van der Waals surface area contributed by atoms with Crippen molar-refractivity contribution in [3.8, 4) is 0 Å². The van der Waals surface area contributed by atoms with Crippen LogP contribution in [0.15, 0.2) is 0 Å². The van der Waals surface area contributed by atoms with Crippen LogP contribution in [0.1, 0.15) is 19.3 Å². The second-order valence-electron chi connectivity index (χ2n) is 3.29. The highest BCUT2D eigenvalue weighted by atomic mass is 16.7. The number of carbonyl (C=O) groups excluding carboxylic acids is 1. The Morgan fingerprint density at radius 3 is 2.67 bits per heavy atom. The smallest absolute Gasteiger partial charge is 0.249 e. The van der Waals surface area contributed by atoms with Gasteiger partial charge >= 0.3 is 0 Å². The Hall–Kier alpha value is -0.610. The molecule has 1 rings (SSSR count). The highest BCUT2D eigenvalue weighted by Crippen LogP contribution is 2.25. The SMILES string of the molecule is CON(C)C(=O)C1CCC(N)C1. The first-order chi connectivity index (χ1) is 5.65. The molecule has 0 saturated heterocycles. The van der Waals surface area contributed by atoms with E-state index in [1.807, 2.05) is 0 Å².